The van der Waals surface area contributed by atoms with Gasteiger partial charge in [0.15, 0.2) is 0 Å². The number of benzene rings is 1. The van der Waals surface area contributed by atoms with Crippen LogP contribution in [0.15, 0.2) is 29.4 Å². The van der Waals surface area contributed by atoms with E-state index in [9.17, 15) is 8.42 Å². The van der Waals surface area contributed by atoms with E-state index in [-0.39, 0.29) is 26.7 Å². The first-order valence-electron chi connectivity index (χ1n) is 6.15. The predicted molar refractivity (Wildman–Crippen MR) is 87.8 cm³/mol. The lowest BCUT2D eigenvalue weighted by atomic mass is 10.3. The maximum absolute atomic E-state index is 12.4. The van der Waals surface area contributed by atoms with E-state index in [2.05, 4.69) is 19.8 Å². The second-order valence-corrected chi connectivity index (χ2v) is 7.31. The molecule has 0 atom stereocenters. The molecule has 3 aromatic rings. The van der Waals surface area contributed by atoms with Crippen LogP contribution in [0.3, 0.4) is 0 Å². The molecule has 0 aliphatic rings. The Morgan fingerprint density at radius 1 is 1.13 bits per heavy atom. The van der Waals surface area contributed by atoms with Crippen molar-refractivity contribution in [3.8, 4) is 0 Å². The van der Waals surface area contributed by atoms with Gasteiger partial charge in [-0.25, -0.2) is 4.98 Å². The third-order valence-corrected chi connectivity index (χ3v) is 4.84. The summed E-state index contributed by atoms with van der Waals surface area (Å²) in [6, 6.07) is 6.14. The molecule has 0 unspecified atom stereocenters. The second-order valence-electron chi connectivity index (χ2n) is 4.53. The highest BCUT2D eigenvalue weighted by Gasteiger charge is 2.24. The fourth-order valence-corrected chi connectivity index (χ4v) is 3.66. The fraction of sp³-hybridized carbons (Fsp3) is 0.0833. The van der Waals surface area contributed by atoms with Crippen LogP contribution >= 0.6 is 34.8 Å². The number of nitrogens with zero attached hydrogens (tertiary/aromatic N) is 4. The van der Waals surface area contributed by atoms with Crippen LogP contribution in [0.1, 0.15) is 5.69 Å². The number of rotatable bonds is 3. The number of hydrogen-bond donors (Lipinski definition) is 1. The number of halogens is 3. The molecule has 120 valence electrons. The van der Waals surface area contributed by atoms with Gasteiger partial charge in [-0.2, -0.15) is 17.9 Å². The van der Waals surface area contributed by atoms with E-state index in [1.165, 1.54) is 18.2 Å². The molecular formula is C12H8Cl3N5O2S. The molecule has 0 saturated carbocycles. The highest BCUT2D eigenvalue weighted by atomic mass is 35.5. The minimum Gasteiger partial charge on any atom is -0.274 e. The van der Waals surface area contributed by atoms with E-state index in [4.69, 9.17) is 34.8 Å². The first-order chi connectivity index (χ1) is 10.8. The zero-order chi connectivity index (χ0) is 16.8. The van der Waals surface area contributed by atoms with Gasteiger partial charge in [-0.15, -0.1) is 5.10 Å². The van der Waals surface area contributed by atoms with Gasteiger partial charge >= 0.3 is 0 Å². The summed E-state index contributed by atoms with van der Waals surface area (Å²) in [5.41, 5.74) is 0.630. The minimum atomic E-state index is -4.11. The predicted octanol–water partition coefficient (Wildman–Crippen LogP) is 3.19. The first kappa shape index (κ1) is 16.3. The topological polar surface area (TPSA) is 89.3 Å². The second kappa shape index (κ2) is 5.79. The van der Waals surface area contributed by atoms with Crippen LogP contribution in [0.4, 0.5) is 5.69 Å². The summed E-state index contributed by atoms with van der Waals surface area (Å²) in [4.78, 5) is 7.95. The number of hydrogen-bond acceptors (Lipinski definition) is 5. The van der Waals surface area contributed by atoms with Crippen LogP contribution in [0.25, 0.3) is 5.78 Å². The Balaban J connectivity index is 2.08. The Labute approximate surface area is 146 Å². The van der Waals surface area contributed by atoms with Gasteiger partial charge < -0.3 is 0 Å². The van der Waals surface area contributed by atoms with Crippen LogP contribution in [-0.4, -0.2) is 28.0 Å². The fourth-order valence-electron chi connectivity index (χ4n) is 1.81. The van der Waals surface area contributed by atoms with Gasteiger partial charge in [-0.3, -0.25) is 4.72 Å². The SMILES string of the molecule is Cc1cc(Cl)n2nc(S(=O)(=O)Nc3c(Cl)cccc3Cl)nc2n1. The Hall–Kier alpha value is -1.61. The van der Waals surface area contributed by atoms with Gasteiger partial charge in [0.05, 0.1) is 15.7 Å². The summed E-state index contributed by atoms with van der Waals surface area (Å²) in [5, 5.41) is 3.85. The van der Waals surface area contributed by atoms with Gasteiger partial charge in [0.1, 0.15) is 5.15 Å². The first-order valence-corrected chi connectivity index (χ1v) is 8.76. The minimum absolute atomic E-state index is 0.0462. The number of anilines is 1. The monoisotopic (exact) mass is 391 g/mol. The molecule has 7 nitrogen and oxygen atoms in total. The van der Waals surface area contributed by atoms with Crippen LogP contribution in [0.5, 0.6) is 0 Å². The number of aromatic nitrogens is 4. The highest BCUT2D eigenvalue weighted by molar-refractivity contribution is 7.92. The molecule has 3 rings (SSSR count). The van der Waals surface area contributed by atoms with E-state index in [1.54, 1.807) is 13.0 Å². The van der Waals surface area contributed by atoms with E-state index < -0.39 is 15.2 Å². The molecule has 0 radical (unpaired) electrons. The molecule has 0 aliphatic heterocycles. The summed E-state index contributed by atoms with van der Waals surface area (Å²) < 4.78 is 28.3. The maximum atomic E-state index is 12.4. The van der Waals surface area contributed by atoms with Gasteiger partial charge in [0, 0.05) is 5.69 Å². The van der Waals surface area contributed by atoms with Crippen LogP contribution < -0.4 is 4.72 Å². The molecule has 1 N–H and O–H groups in total. The smallest absolute Gasteiger partial charge is 0.274 e. The van der Waals surface area contributed by atoms with Crippen molar-refractivity contribution in [3.05, 3.63) is 45.2 Å². The number of sulfonamides is 1. The molecule has 0 spiro atoms. The lowest BCUT2D eigenvalue weighted by Gasteiger charge is -2.08. The van der Waals surface area contributed by atoms with Crippen molar-refractivity contribution in [3.63, 3.8) is 0 Å². The van der Waals surface area contributed by atoms with Crippen molar-refractivity contribution in [2.45, 2.75) is 12.1 Å². The van der Waals surface area contributed by atoms with Gasteiger partial charge in [-0.1, -0.05) is 40.9 Å². The quantitative estimate of drug-likeness (QED) is 0.691. The molecule has 2 aromatic heterocycles. The largest absolute Gasteiger partial charge is 0.299 e. The van der Waals surface area contributed by atoms with Crippen LogP contribution in [0.2, 0.25) is 15.2 Å². The average molecular weight is 393 g/mol. The summed E-state index contributed by atoms with van der Waals surface area (Å²) >= 11 is 17.9. The van der Waals surface area contributed by atoms with Crippen LogP contribution in [-0.2, 0) is 10.0 Å². The normalized spacial score (nSPS) is 11.8. The zero-order valence-corrected chi connectivity index (χ0v) is 14.5. The lowest BCUT2D eigenvalue weighted by molar-refractivity contribution is 0.592. The Kier molecular flexibility index (Phi) is 4.09. The van der Waals surface area contributed by atoms with Crippen molar-refractivity contribution in [1.82, 2.24) is 19.6 Å². The van der Waals surface area contributed by atoms with E-state index >= 15 is 0 Å². The highest BCUT2D eigenvalue weighted by Crippen LogP contribution is 2.31. The molecule has 11 heteroatoms. The molecular weight excluding hydrogens is 385 g/mol. The molecule has 0 aliphatic carbocycles. The third-order valence-electron chi connectivity index (χ3n) is 2.82. The van der Waals surface area contributed by atoms with Gasteiger partial charge in [0.25, 0.3) is 21.0 Å². The number of fused-ring (bicyclic) bond motifs is 1. The molecule has 0 fully saturated rings. The van der Waals surface area contributed by atoms with Gasteiger partial charge in [-0.05, 0) is 25.1 Å². The molecule has 0 saturated heterocycles. The maximum Gasteiger partial charge on any atom is 0.299 e. The van der Waals surface area contributed by atoms with Crippen molar-refractivity contribution in [2.75, 3.05) is 4.72 Å². The molecule has 0 bridgehead atoms. The molecule has 0 amide bonds. The Morgan fingerprint density at radius 3 is 2.43 bits per heavy atom. The van der Waals surface area contributed by atoms with Crippen molar-refractivity contribution in [2.24, 2.45) is 0 Å². The zero-order valence-electron chi connectivity index (χ0n) is 11.5. The number of para-hydroxylation sites is 1. The summed E-state index contributed by atoms with van der Waals surface area (Å²) in [6.45, 7) is 1.70. The van der Waals surface area contributed by atoms with Gasteiger partial charge in [0.2, 0.25) is 0 Å². The molecule has 2 heterocycles. The van der Waals surface area contributed by atoms with Crippen molar-refractivity contribution < 1.29 is 8.42 Å². The number of nitrogens with one attached hydrogen (secondary N) is 1. The Bertz CT molecular complexity index is 999. The average Bonchev–Trinajstić information content (AvgIpc) is 2.88. The number of aryl methyl sites for hydroxylation is 1. The van der Waals surface area contributed by atoms with Crippen molar-refractivity contribution in [1.29, 1.82) is 0 Å². The summed E-state index contributed by atoms with van der Waals surface area (Å²) in [6.07, 6.45) is 0. The standard InChI is InChI=1S/C12H8Cl3N5O2S/c1-6-5-9(15)20-11(16-6)17-12(18-20)23(21,22)19-10-7(13)3-2-4-8(10)14/h2-5,19H,1H3. The summed E-state index contributed by atoms with van der Waals surface area (Å²) in [7, 11) is -4.11. The molecule has 1 aromatic carbocycles. The van der Waals surface area contributed by atoms with Crippen LogP contribution in [0, 0.1) is 6.92 Å². The molecule has 23 heavy (non-hydrogen) atoms. The Morgan fingerprint density at radius 2 is 1.78 bits per heavy atom. The lowest BCUT2D eigenvalue weighted by Crippen LogP contribution is -2.15. The third kappa shape index (κ3) is 3.07. The van der Waals surface area contributed by atoms with E-state index in [0.717, 1.165) is 4.52 Å². The van der Waals surface area contributed by atoms with E-state index in [0.29, 0.717) is 5.69 Å². The van der Waals surface area contributed by atoms with E-state index in [1.807, 2.05) is 0 Å². The van der Waals surface area contributed by atoms with Crippen molar-refractivity contribution >= 4 is 56.3 Å². The summed E-state index contributed by atoms with van der Waals surface area (Å²) in [5.74, 6) is 0.0700.